The molecule has 108 valence electrons. The molecule has 1 aliphatic carbocycles. The zero-order chi connectivity index (χ0) is 14.8. The predicted octanol–water partition coefficient (Wildman–Crippen LogP) is 3.80. The molecule has 0 unspecified atom stereocenters. The molecule has 2 aromatic rings. The Balaban J connectivity index is 1.62. The average molecular weight is 301 g/mol. The van der Waals surface area contributed by atoms with Gasteiger partial charge < -0.3 is 11.1 Å². The molecule has 0 saturated heterocycles. The summed E-state index contributed by atoms with van der Waals surface area (Å²) >= 11 is 5.95. The Bertz CT molecular complexity index is 651. The third-order valence-electron chi connectivity index (χ3n) is 4.01. The summed E-state index contributed by atoms with van der Waals surface area (Å²) in [5.41, 5.74) is 7.96. The Morgan fingerprint density at radius 2 is 1.86 bits per heavy atom. The zero-order valence-corrected chi connectivity index (χ0v) is 12.3. The summed E-state index contributed by atoms with van der Waals surface area (Å²) in [4.78, 5) is 11.3. The molecule has 1 aliphatic rings. The minimum absolute atomic E-state index is 0.362. The topological polar surface area (TPSA) is 55.1 Å². The van der Waals surface area contributed by atoms with E-state index >= 15 is 0 Å². The minimum atomic E-state index is -0.501. The molecule has 1 amide bonds. The first-order valence-electron chi connectivity index (χ1n) is 7.04. The van der Waals surface area contributed by atoms with Gasteiger partial charge in [0.25, 0.3) is 0 Å². The molecular formula is C17H17ClN2O. The van der Waals surface area contributed by atoms with E-state index in [2.05, 4.69) is 29.6 Å². The SMILES string of the molecule is NC(=O)c1cc(NC2CC(c3ccccc3)C2)ccc1Cl. The van der Waals surface area contributed by atoms with E-state index in [4.69, 9.17) is 17.3 Å². The number of hydrogen-bond donors (Lipinski definition) is 2. The molecule has 1 fully saturated rings. The van der Waals surface area contributed by atoms with Crippen LogP contribution in [0.25, 0.3) is 0 Å². The summed E-state index contributed by atoms with van der Waals surface area (Å²) in [7, 11) is 0. The highest BCUT2D eigenvalue weighted by Gasteiger charge is 2.30. The summed E-state index contributed by atoms with van der Waals surface area (Å²) in [5, 5.41) is 3.83. The fraction of sp³-hybridized carbons (Fsp3) is 0.235. The molecule has 1 saturated carbocycles. The molecule has 21 heavy (non-hydrogen) atoms. The Labute approximate surface area is 129 Å². The smallest absolute Gasteiger partial charge is 0.250 e. The van der Waals surface area contributed by atoms with Crippen molar-refractivity contribution in [1.82, 2.24) is 0 Å². The number of carbonyl (C=O) groups excluding carboxylic acids is 1. The van der Waals surface area contributed by atoms with Crippen LogP contribution in [0.4, 0.5) is 5.69 Å². The number of rotatable bonds is 4. The molecule has 0 aliphatic heterocycles. The Morgan fingerprint density at radius 1 is 1.14 bits per heavy atom. The van der Waals surface area contributed by atoms with E-state index in [-0.39, 0.29) is 0 Å². The van der Waals surface area contributed by atoms with Crippen LogP contribution in [0.3, 0.4) is 0 Å². The van der Waals surface area contributed by atoms with Gasteiger partial charge in [0.2, 0.25) is 5.91 Å². The number of anilines is 1. The number of nitrogens with two attached hydrogens (primary N) is 1. The Kier molecular flexibility index (Phi) is 3.84. The summed E-state index contributed by atoms with van der Waals surface area (Å²) in [6.45, 7) is 0. The fourth-order valence-electron chi connectivity index (χ4n) is 2.77. The molecule has 4 heteroatoms. The van der Waals surface area contributed by atoms with E-state index in [0.29, 0.717) is 22.5 Å². The number of carbonyl (C=O) groups is 1. The summed E-state index contributed by atoms with van der Waals surface area (Å²) < 4.78 is 0. The first kappa shape index (κ1) is 14.0. The van der Waals surface area contributed by atoms with Crippen molar-refractivity contribution < 1.29 is 4.79 Å². The number of primary amides is 1. The summed E-state index contributed by atoms with van der Waals surface area (Å²) in [6.07, 6.45) is 2.19. The second-order valence-electron chi connectivity index (χ2n) is 5.48. The fourth-order valence-corrected chi connectivity index (χ4v) is 2.98. The number of benzene rings is 2. The van der Waals surface area contributed by atoms with Crippen LogP contribution in [0.2, 0.25) is 5.02 Å². The monoisotopic (exact) mass is 300 g/mol. The molecule has 0 heterocycles. The number of nitrogens with one attached hydrogen (secondary N) is 1. The van der Waals surface area contributed by atoms with Crippen LogP contribution in [0, 0.1) is 0 Å². The van der Waals surface area contributed by atoms with Crippen LogP contribution in [0.15, 0.2) is 48.5 Å². The van der Waals surface area contributed by atoms with Crippen LogP contribution in [-0.4, -0.2) is 11.9 Å². The predicted molar refractivity (Wildman–Crippen MR) is 85.8 cm³/mol. The lowest BCUT2D eigenvalue weighted by molar-refractivity contribution is 0.100. The largest absolute Gasteiger partial charge is 0.382 e. The van der Waals surface area contributed by atoms with Crippen LogP contribution in [0.5, 0.6) is 0 Å². The van der Waals surface area contributed by atoms with E-state index < -0.39 is 5.91 Å². The Hall–Kier alpha value is -2.00. The van der Waals surface area contributed by atoms with Gasteiger partial charge in [-0.25, -0.2) is 0 Å². The lowest BCUT2D eigenvalue weighted by atomic mass is 9.76. The van der Waals surface area contributed by atoms with E-state index in [0.717, 1.165) is 18.5 Å². The number of hydrogen-bond acceptors (Lipinski definition) is 2. The van der Waals surface area contributed by atoms with E-state index in [1.807, 2.05) is 12.1 Å². The van der Waals surface area contributed by atoms with Gasteiger partial charge in [-0.2, -0.15) is 0 Å². The molecule has 2 aromatic carbocycles. The van der Waals surface area contributed by atoms with Crippen molar-refractivity contribution in [1.29, 1.82) is 0 Å². The van der Waals surface area contributed by atoms with Crippen molar-refractivity contribution >= 4 is 23.2 Å². The average Bonchev–Trinajstić information content (AvgIpc) is 2.44. The normalized spacial score (nSPS) is 20.6. The third-order valence-corrected chi connectivity index (χ3v) is 4.34. The lowest BCUT2D eigenvalue weighted by Crippen LogP contribution is -2.34. The lowest BCUT2D eigenvalue weighted by Gasteiger charge is -2.37. The van der Waals surface area contributed by atoms with Crippen molar-refractivity contribution in [3.63, 3.8) is 0 Å². The van der Waals surface area contributed by atoms with Crippen molar-refractivity contribution in [3.8, 4) is 0 Å². The van der Waals surface area contributed by atoms with Gasteiger partial charge in [-0.1, -0.05) is 41.9 Å². The van der Waals surface area contributed by atoms with Gasteiger partial charge in [-0.05, 0) is 42.5 Å². The van der Waals surface area contributed by atoms with Gasteiger partial charge in [0.1, 0.15) is 0 Å². The summed E-state index contributed by atoms with van der Waals surface area (Å²) in [5.74, 6) is 0.117. The third kappa shape index (κ3) is 3.03. The van der Waals surface area contributed by atoms with Crippen LogP contribution < -0.4 is 11.1 Å². The maximum absolute atomic E-state index is 11.3. The number of halogens is 1. The molecular weight excluding hydrogens is 284 g/mol. The second-order valence-corrected chi connectivity index (χ2v) is 5.89. The van der Waals surface area contributed by atoms with Crippen molar-refractivity contribution in [2.45, 2.75) is 24.8 Å². The quantitative estimate of drug-likeness (QED) is 0.902. The molecule has 0 atom stereocenters. The maximum Gasteiger partial charge on any atom is 0.250 e. The van der Waals surface area contributed by atoms with Gasteiger partial charge in [0.05, 0.1) is 10.6 Å². The maximum atomic E-state index is 11.3. The van der Waals surface area contributed by atoms with Gasteiger partial charge in [0, 0.05) is 11.7 Å². The molecule has 0 aromatic heterocycles. The highest BCUT2D eigenvalue weighted by atomic mass is 35.5. The van der Waals surface area contributed by atoms with Gasteiger partial charge in [0.15, 0.2) is 0 Å². The molecule has 3 nitrogen and oxygen atoms in total. The first-order valence-corrected chi connectivity index (χ1v) is 7.42. The van der Waals surface area contributed by atoms with Crippen molar-refractivity contribution in [3.05, 3.63) is 64.7 Å². The summed E-state index contributed by atoms with van der Waals surface area (Å²) in [6, 6.07) is 16.3. The van der Waals surface area contributed by atoms with Crippen molar-refractivity contribution in [2.75, 3.05) is 5.32 Å². The minimum Gasteiger partial charge on any atom is -0.382 e. The molecule has 0 radical (unpaired) electrons. The van der Waals surface area contributed by atoms with Gasteiger partial charge in [-0.3, -0.25) is 4.79 Å². The van der Waals surface area contributed by atoms with Crippen LogP contribution in [0.1, 0.15) is 34.7 Å². The van der Waals surface area contributed by atoms with E-state index in [9.17, 15) is 4.79 Å². The van der Waals surface area contributed by atoms with Crippen LogP contribution >= 0.6 is 11.6 Å². The van der Waals surface area contributed by atoms with Gasteiger partial charge in [-0.15, -0.1) is 0 Å². The van der Waals surface area contributed by atoms with Crippen molar-refractivity contribution in [2.24, 2.45) is 5.73 Å². The molecule has 3 N–H and O–H groups in total. The van der Waals surface area contributed by atoms with E-state index in [1.165, 1.54) is 5.56 Å². The second kappa shape index (κ2) is 5.78. The Morgan fingerprint density at radius 3 is 2.52 bits per heavy atom. The highest BCUT2D eigenvalue weighted by molar-refractivity contribution is 6.33. The van der Waals surface area contributed by atoms with E-state index in [1.54, 1.807) is 12.1 Å². The van der Waals surface area contributed by atoms with Gasteiger partial charge >= 0.3 is 0 Å². The zero-order valence-electron chi connectivity index (χ0n) is 11.6. The molecule has 3 rings (SSSR count). The van der Waals surface area contributed by atoms with Crippen LogP contribution in [-0.2, 0) is 0 Å². The highest BCUT2D eigenvalue weighted by Crippen LogP contribution is 2.38. The first-order chi connectivity index (χ1) is 10.1. The number of amides is 1. The standard InChI is InChI=1S/C17H17ClN2O/c18-16-7-6-13(10-15(16)17(19)21)20-14-8-12(9-14)11-4-2-1-3-5-11/h1-7,10,12,14,20H,8-9H2,(H2,19,21). The molecule has 0 bridgehead atoms. The molecule has 0 spiro atoms.